The van der Waals surface area contributed by atoms with Gasteiger partial charge in [-0.05, 0) is 53.6 Å². The first kappa shape index (κ1) is 27.6. The zero-order valence-electron chi connectivity index (χ0n) is 23.2. The van der Waals surface area contributed by atoms with Crippen LogP contribution >= 0.6 is 0 Å². The highest BCUT2D eigenvalue weighted by molar-refractivity contribution is 5.96. The van der Waals surface area contributed by atoms with Gasteiger partial charge in [-0.1, -0.05) is 60.7 Å². The molecule has 8 heteroatoms. The molecule has 3 amide bonds. The minimum atomic E-state index is -0.315. The van der Waals surface area contributed by atoms with Crippen LogP contribution in [0.25, 0.3) is 0 Å². The quantitative estimate of drug-likeness (QED) is 0.290. The average molecular weight is 552 g/mol. The summed E-state index contributed by atoms with van der Waals surface area (Å²) >= 11 is 0. The molecule has 4 aromatic carbocycles. The van der Waals surface area contributed by atoms with Crippen molar-refractivity contribution in [3.8, 4) is 17.2 Å². The van der Waals surface area contributed by atoms with Gasteiger partial charge >= 0.3 is 6.03 Å². The number of piperazine rings is 1. The van der Waals surface area contributed by atoms with E-state index >= 15 is 0 Å². The van der Waals surface area contributed by atoms with Gasteiger partial charge in [0, 0.05) is 30.9 Å². The molecule has 4 aromatic rings. The molecular weight excluding hydrogens is 518 g/mol. The van der Waals surface area contributed by atoms with Crippen molar-refractivity contribution in [1.29, 1.82) is 0 Å². The summed E-state index contributed by atoms with van der Waals surface area (Å²) in [6.07, 6.45) is 0. The first-order chi connectivity index (χ1) is 20.1. The Bertz CT molecular complexity index is 1460. The van der Waals surface area contributed by atoms with Crippen LogP contribution in [-0.2, 0) is 6.61 Å². The van der Waals surface area contributed by atoms with E-state index in [1.165, 1.54) is 0 Å². The Kier molecular flexibility index (Phi) is 8.69. The third-order valence-electron chi connectivity index (χ3n) is 7.10. The van der Waals surface area contributed by atoms with Crippen LogP contribution < -0.4 is 19.5 Å². The van der Waals surface area contributed by atoms with Gasteiger partial charge in [0.05, 0.1) is 20.3 Å². The van der Waals surface area contributed by atoms with Crippen LogP contribution in [0.15, 0.2) is 103 Å². The first-order valence-corrected chi connectivity index (χ1v) is 13.5. The molecule has 5 rings (SSSR count). The number of amides is 3. The van der Waals surface area contributed by atoms with E-state index < -0.39 is 0 Å². The van der Waals surface area contributed by atoms with E-state index in [-0.39, 0.29) is 18.0 Å². The van der Waals surface area contributed by atoms with Gasteiger partial charge in [-0.25, -0.2) is 4.79 Å². The van der Waals surface area contributed by atoms with Gasteiger partial charge in [-0.15, -0.1) is 0 Å². The Morgan fingerprint density at radius 1 is 0.805 bits per heavy atom. The van der Waals surface area contributed by atoms with Crippen LogP contribution in [0, 0.1) is 0 Å². The fourth-order valence-corrected chi connectivity index (χ4v) is 4.88. The maximum Gasteiger partial charge on any atom is 0.321 e. The number of carbonyl (C=O) groups excluding carboxylic acids is 2. The Balaban J connectivity index is 1.26. The average Bonchev–Trinajstić information content (AvgIpc) is 3.04. The topological polar surface area (TPSA) is 80.3 Å². The molecule has 1 atom stereocenters. The van der Waals surface area contributed by atoms with Crippen LogP contribution in [0.3, 0.4) is 0 Å². The van der Waals surface area contributed by atoms with E-state index in [4.69, 9.17) is 14.2 Å². The molecule has 1 heterocycles. The van der Waals surface area contributed by atoms with Crippen molar-refractivity contribution in [2.75, 3.05) is 39.2 Å². The van der Waals surface area contributed by atoms with Crippen molar-refractivity contribution in [2.45, 2.75) is 12.6 Å². The van der Waals surface area contributed by atoms with Crippen molar-refractivity contribution in [1.82, 2.24) is 9.80 Å². The lowest BCUT2D eigenvalue weighted by atomic mass is 10.0. The Morgan fingerprint density at radius 2 is 1.49 bits per heavy atom. The SMILES string of the molecule is COc1ccc(C(=O)N2CCN(C(=O)Nc3ccc(OCc4ccccc4)cc3)CC2c2ccccc2)cc1OC. The van der Waals surface area contributed by atoms with E-state index in [0.717, 1.165) is 16.9 Å². The zero-order chi connectivity index (χ0) is 28.6. The highest BCUT2D eigenvalue weighted by atomic mass is 16.5. The lowest BCUT2D eigenvalue weighted by molar-refractivity contribution is 0.0516. The molecule has 210 valence electrons. The van der Waals surface area contributed by atoms with Gasteiger partial charge in [0.2, 0.25) is 0 Å². The van der Waals surface area contributed by atoms with Gasteiger partial charge in [0.25, 0.3) is 5.91 Å². The fraction of sp³-hybridized carbons (Fsp3) is 0.212. The summed E-state index contributed by atoms with van der Waals surface area (Å²) in [7, 11) is 3.10. The molecule has 1 saturated heterocycles. The summed E-state index contributed by atoms with van der Waals surface area (Å²) in [5, 5.41) is 2.99. The monoisotopic (exact) mass is 551 g/mol. The number of anilines is 1. The molecule has 0 aromatic heterocycles. The second-order valence-electron chi connectivity index (χ2n) is 9.67. The predicted octanol–water partition coefficient (Wildman–Crippen LogP) is 6.01. The maximum atomic E-state index is 13.7. The third kappa shape index (κ3) is 6.61. The van der Waals surface area contributed by atoms with Crippen LogP contribution in [0.5, 0.6) is 17.2 Å². The third-order valence-corrected chi connectivity index (χ3v) is 7.10. The number of nitrogens with zero attached hydrogens (tertiary/aromatic N) is 2. The summed E-state index contributed by atoms with van der Waals surface area (Å²) in [5.74, 6) is 1.63. The van der Waals surface area contributed by atoms with Crippen LogP contribution in [0.4, 0.5) is 10.5 Å². The van der Waals surface area contributed by atoms with Crippen molar-refractivity contribution >= 4 is 17.6 Å². The van der Waals surface area contributed by atoms with Crippen LogP contribution in [0.2, 0.25) is 0 Å². The standard InChI is InChI=1S/C33H33N3O5/c1-39-30-18-13-26(21-31(30)40-2)32(37)36-20-19-35(22-29(36)25-11-7-4-8-12-25)33(38)34-27-14-16-28(17-15-27)41-23-24-9-5-3-6-10-24/h3-18,21,29H,19-20,22-23H2,1-2H3,(H,34,38). The minimum absolute atomic E-state index is 0.133. The largest absolute Gasteiger partial charge is 0.493 e. The van der Waals surface area contributed by atoms with Crippen molar-refractivity contribution in [3.05, 3.63) is 120 Å². The summed E-state index contributed by atoms with van der Waals surface area (Å²) in [5.41, 5.74) is 3.21. The number of urea groups is 1. The number of hydrogen-bond donors (Lipinski definition) is 1. The normalized spacial score (nSPS) is 14.7. The molecule has 1 fully saturated rings. The lowest BCUT2D eigenvalue weighted by Gasteiger charge is -2.41. The molecule has 0 aliphatic carbocycles. The Labute approximate surface area is 240 Å². The van der Waals surface area contributed by atoms with E-state index in [1.807, 2.05) is 89.8 Å². The van der Waals surface area contributed by atoms with Crippen molar-refractivity contribution in [3.63, 3.8) is 0 Å². The van der Waals surface area contributed by atoms with Gasteiger partial charge in [0.1, 0.15) is 12.4 Å². The second-order valence-corrected chi connectivity index (χ2v) is 9.67. The molecule has 0 bridgehead atoms. The molecule has 1 N–H and O–H groups in total. The molecule has 1 aliphatic heterocycles. The van der Waals surface area contributed by atoms with E-state index in [2.05, 4.69) is 5.32 Å². The van der Waals surface area contributed by atoms with Crippen LogP contribution in [-0.4, -0.2) is 55.6 Å². The zero-order valence-corrected chi connectivity index (χ0v) is 23.2. The van der Waals surface area contributed by atoms with Gasteiger partial charge in [0.15, 0.2) is 11.5 Å². The summed E-state index contributed by atoms with van der Waals surface area (Å²) < 4.78 is 16.6. The minimum Gasteiger partial charge on any atom is -0.493 e. The highest BCUT2D eigenvalue weighted by Crippen LogP contribution is 2.31. The smallest absolute Gasteiger partial charge is 0.321 e. The molecule has 0 spiro atoms. The molecular formula is C33H33N3O5. The molecule has 41 heavy (non-hydrogen) atoms. The molecule has 0 saturated carbocycles. The Hall–Kier alpha value is -4.98. The number of ether oxygens (including phenoxy) is 3. The van der Waals surface area contributed by atoms with Crippen molar-refractivity contribution in [2.24, 2.45) is 0 Å². The summed E-state index contributed by atoms with van der Waals surface area (Å²) in [4.78, 5) is 30.5. The number of hydrogen-bond acceptors (Lipinski definition) is 5. The lowest BCUT2D eigenvalue weighted by Crippen LogP contribution is -2.53. The maximum absolute atomic E-state index is 13.7. The van der Waals surface area contributed by atoms with Crippen molar-refractivity contribution < 1.29 is 23.8 Å². The fourth-order valence-electron chi connectivity index (χ4n) is 4.88. The predicted molar refractivity (Wildman–Crippen MR) is 158 cm³/mol. The summed E-state index contributed by atoms with van der Waals surface area (Å²) in [6.45, 7) is 1.60. The first-order valence-electron chi connectivity index (χ1n) is 13.5. The number of methoxy groups -OCH3 is 2. The molecule has 0 radical (unpaired) electrons. The van der Waals surface area contributed by atoms with Gasteiger partial charge in [-0.3, -0.25) is 4.79 Å². The summed E-state index contributed by atoms with van der Waals surface area (Å²) in [6, 6.07) is 31.7. The number of nitrogens with one attached hydrogen (secondary N) is 1. The van der Waals surface area contributed by atoms with E-state index in [0.29, 0.717) is 49.0 Å². The number of benzene rings is 4. The second kappa shape index (κ2) is 12.9. The highest BCUT2D eigenvalue weighted by Gasteiger charge is 2.34. The molecule has 1 unspecified atom stereocenters. The Morgan fingerprint density at radius 3 is 2.17 bits per heavy atom. The van der Waals surface area contributed by atoms with Gasteiger partial charge < -0.3 is 29.3 Å². The van der Waals surface area contributed by atoms with Gasteiger partial charge in [-0.2, -0.15) is 0 Å². The molecule has 8 nitrogen and oxygen atoms in total. The number of rotatable bonds is 8. The van der Waals surface area contributed by atoms with Crippen LogP contribution in [0.1, 0.15) is 27.5 Å². The number of carbonyl (C=O) groups is 2. The van der Waals surface area contributed by atoms with E-state index in [9.17, 15) is 9.59 Å². The molecule has 1 aliphatic rings. The van der Waals surface area contributed by atoms with E-state index in [1.54, 1.807) is 37.3 Å².